The van der Waals surface area contributed by atoms with Gasteiger partial charge in [-0.1, -0.05) is 12.1 Å². The van der Waals surface area contributed by atoms with Crippen LogP contribution in [0.25, 0.3) is 22.6 Å². The number of hydrogen-bond acceptors (Lipinski definition) is 5. The number of nitrogens with one attached hydrogen (secondary N) is 2. The maximum Gasteiger partial charge on any atom is 0.433 e. The van der Waals surface area contributed by atoms with Crippen molar-refractivity contribution >= 4 is 33.2 Å². The van der Waals surface area contributed by atoms with Crippen molar-refractivity contribution in [3.05, 3.63) is 53.7 Å². The Morgan fingerprint density at radius 1 is 1.04 bits per heavy atom. The van der Waals surface area contributed by atoms with Gasteiger partial charge < -0.3 is 10.3 Å². The van der Waals surface area contributed by atoms with E-state index >= 15 is 0 Å². The van der Waals surface area contributed by atoms with Crippen LogP contribution in [0.15, 0.2) is 48.0 Å². The molecule has 0 saturated heterocycles. The third-order valence-corrected chi connectivity index (χ3v) is 4.20. The number of pyridine rings is 1. The fourth-order valence-electron chi connectivity index (χ4n) is 2.27. The summed E-state index contributed by atoms with van der Waals surface area (Å²) >= 11 is 1.33. The summed E-state index contributed by atoms with van der Waals surface area (Å²) < 4.78 is 37.6. The highest BCUT2D eigenvalue weighted by Gasteiger charge is 2.32. The van der Waals surface area contributed by atoms with Gasteiger partial charge in [0.25, 0.3) is 0 Å². The first-order valence-corrected chi connectivity index (χ1v) is 8.08. The van der Waals surface area contributed by atoms with Gasteiger partial charge in [-0.15, -0.1) is 11.3 Å². The average molecular weight is 361 g/mol. The van der Waals surface area contributed by atoms with Crippen molar-refractivity contribution in [1.29, 1.82) is 0 Å². The second-order valence-electron chi connectivity index (χ2n) is 5.20. The highest BCUT2D eigenvalue weighted by Crippen LogP contribution is 2.30. The van der Waals surface area contributed by atoms with E-state index in [1.165, 1.54) is 17.4 Å². The Labute approximate surface area is 143 Å². The van der Waals surface area contributed by atoms with Crippen LogP contribution in [0.4, 0.5) is 24.0 Å². The topological polar surface area (TPSA) is 66.5 Å². The molecule has 25 heavy (non-hydrogen) atoms. The predicted octanol–water partition coefficient (Wildman–Crippen LogP) is 4.84. The van der Waals surface area contributed by atoms with Crippen LogP contribution in [0.5, 0.6) is 0 Å². The highest BCUT2D eigenvalue weighted by atomic mass is 32.1. The number of halogens is 3. The highest BCUT2D eigenvalue weighted by molar-refractivity contribution is 7.14. The van der Waals surface area contributed by atoms with E-state index in [0.717, 1.165) is 23.3 Å². The van der Waals surface area contributed by atoms with Gasteiger partial charge >= 0.3 is 6.18 Å². The summed E-state index contributed by atoms with van der Waals surface area (Å²) in [6.45, 7) is 0. The SMILES string of the molecule is FC(F)(F)c1ccc(Nc2nc(-c3nc4ccccc4[nH]3)cs2)cn1. The summed E-state index contributed by atoms with van der Waals surface area (Å²) in [7, 11) is 0. The lowest BCUT2D eigenvalue weighted by Crippen LogP contribution is -2.07. The van der Waals surface area contributed by atoms with Crippen LogP contribution < -0.4 is 5.32 Å². The monoisotopic (exact) mass is 361 g/mol. The molecule has 2 N–H and O–H groups in total. The Hall–Kier alpha value is -2.94. The van der Waals surface area contributed by atoms with Gasteiger partial charge in [0.05, 0.1) is 22.9 Å². The molecular formula is C16H10F3N5S. The first-order chi connectivity index (χ1) is 12.0. The van der Waals surface area contributed by atoms with Gasteiger partial charge in [0.1, 0.15) is 11.4 Å². The van der Waals surface area contributed by atoms with Crippen molar-refractivity contribution in [1.82, 2.24) is 19.9 Å². The van der Waals surface area contributed by atoms with Gasteiger partial charge in [0, 0.05) is 5.38 Å². The largest absolute Gasteiger partial charge is 0.433 e. The molecule has 126 valence electrons. The van der Waals surface area contributed by atoms with Crippen LogP contribution in [0.3, 0.4) is 0 Å². The number of H-pyrrole nitrogens is 1. The van der Waals surface area contributed by atoms with Crippen LogP contribution >= 0.6 is 11.3 Å². The van der Waals surface area contributed by atoms with E-state index in [9.17, 15) is 13.2 Å². The lowest BCUT2D eigenvalue weighted by atomic mass is 10.3. The molecule has 0 aliphatic rings. The van der Waals surface area contributed by atoms with Crippen molar-refractivity contribution in [2.45, 2.75) is 6.18 Å². The van der Waals surface area contributed by atoms with E-state index in [4.69, 9.17) is 0 Å². The van der Waals surface area contributed by atoms with Crippen LogP contribution in [-0.4, -0.2) is 19.9 Å². The molecule has 3 heterocycles. The molecule has 0 spiro atoms. The van der Waals surface area contributed by atoms with Gasteiger partial charge in [-0.3, -0.25) is 0 Å². The molecule has 0 radical (unpaired) electrons. The third-order valence-electron chi connectivity index (χ3n) is 3.44. The second kappa shape index (κ2) is 5.85. The van der Waals surface area contributed by atoms with Gasteiger partial charge in [0.2, 0.25) is 0 Å². The number of imidazole rings is 1. The van der Waals surface area contributed by atoms with Crippen molar-refractivity contribution in [2.24, 2.45) is 0 Å². The second-order valence-corrected chi connectivity index (χ2v) is 6.05. The standard InChI is InChI=1S/C16H10F3N5S/c17-16(18,19)13-6-5-9(7-20-13)21-15-24-12(8-25-15)14-22-10-3-1-2-4-11(10)23-14/h1-8H,(H,21,24)(H,22,23). The summed E-state index contributed by atoms with van der Waals surface area (Å²) in [6.07, 6.45) is -3.32. The minimum absolute atomic E-state index is 0.429. The fourth-order valence-corrected chi connectivity index (χ4v) is 2.99. The van der Waals surface area contributed by atoms with E-state index < -0.39 is 11.9 Å². The van der Waals surface area contributed by atoms with E-state index in [0.29, 0.717) is 22.3 Å². The van der Waals surface area contributed by atoms with Crippen molar-refractivity contribution in [3.63, 3.8) is 0 Å². The molecule has 0 bridgehead atoms. The minimum atomic E-state index is -4.45. The molecule has 0 amide bonds. The normalized spacial score (nSPS) is 11.8. The van der Waals surface area contributed by atoms with E-state index in [1.807, 2.05) is 29.6 Å². The molecule has 4 rings (SSSR count). The number of thiazole rings is 1. The molecule has 5 nitrogen and oxygen atoms in total. The summed E-state index contributed by atoms with van der Waals surface area (Å²) in [5.74, 6) is 0.635. The Morgan fingerprint density at radius 3 is 2.60 bits per heavy atom. The van der Waals surface area contributed by atoms with E-state index in [1.54, 1.807) is 0 Å². The molecule has 0 aliphatic carbocycles. The molecule has 0 aliphatic heterocycles. The summed E-state index contributed by atoms with van der Waals surface area (Å²) in [5.41, 5.74) is 1.90. The van der Waals surface area contributed by atoms with Crippen LogP contribution in [0.1, 0.15) is 5.69 Å². The molecule has 3 aromatic heterocycles. The lowest BCUT2D eigenvalue weighted by molar-refractivity contribution is -0.141. The number of anilines is 2. The summed E-state index contributed by atoms with van der Waals surface area (Å²) in [6, 6.07) is 9.88. The zero-order valence-electron chi connectivity index (χ0n) is 12.5. The first kappa shape index (κ1) is 15.6. The molecule has 0 atom stereocenters. The fraction of sp³-hybridized carbons (Fsp3) is 0.0625. The Kier molecular flexibility index (Phi) is 3.65. The molecule has 0 saturated carbocycles. The van der Waals surface area contributed by atoms with Crippen LogP contribution in [0.2, 0.25) is 0 Å². The van der Waals surface area contributed by atoms with Gasteiger partial charge in [-0.2, -0.15) is 13.2 Å². The quantitative estimate of drug-likeness (QED) is 0.548. The van der Waals surface area contributed by atoms with Gasteiger partial charge in [0.15, 0.2) is 11.0 Å². The molecule has 0 fully saturated rings. The van der Waals surface area contributed by atoms with E-state index in [-0.39, 0.29) is 0 Å². The Balaban J connectivity index is 1.55. The zero-order chi connectivity index (χ0) is 17.4. The zero-order valence-corrected chi connectivity index (χ0v) is 13.3. The van der Waals surface area contributed by atoms with Crippen molar-refractivity contribution in [2.75, 3.05) is 5.32 Å². The number of aromatic amines is 1. The molecule has 0 unspecified atom stereocenters. The molecule has 1 aromatic carbocycles. The van der Waals surface area contributed by atoms with Gasteiger partial charge in [-0.05, 0) is 24.3 Å². The number of rotatable bonds is 3. The number of aromatic nitrogens is 4. The number of para-hydroxylation sites is 2. The molecule has 9 heteroatoms. The van der Waals surface area contributed by atoms with Crippen molar-refractivity contribution < 1.29 is 13.2 Å². The number of nitrogens with zero attached hydrogens (tertiary/aromatic N) is 3. The van der Waals surface area contributed by atoms with E-state index in [2.05, 4.69) is 25.3 Å². The lowest BCUT2D eigenvalue weighted by Gasteiger charge is -2.06. The van der Waals surface area contributed by atoms with Crippen LogP contribution in [-0.2, 0) is 6.18 Å². The van der Waals surface area contributed by atoms with Crippen LogP contribution in [0, 0.1) is 0 Å². The number of hydrogen-bond donors (Lipinski definition) is 2. The smallest absolute Gasteiger partial charge is 0.337 e. The number of alkyl halides is 3. The predicted molar refractivity (Wildman–Crippen MR) is 89.7 cm³/mol. The average Bonchev–Trinajstić information content (AvgIpc) is 3.20. The Bertz CT molecular complexity index is 987. The van der Waals surface area contributed by atoms with Gasteiger partial charge in [-0.25, -0.2) is 15.0 Å². The maximum atomic E-state index is 12.5. The molecular weight excluding hydrogens is 351 g/mol. The number of benzene rings is 1. The Morgan fingerprint density at radius 2 is 1.88 bits per heavy atom. The maximum absolute atomic E-state index is 12.5. The summed E-state index contributed by atoms with van der Waals surface area (Å²) in [4.78, 5) is 15.5. The first-order valence-electron chi connectivity index (χ1n) is 7.20. The van der Waals surface area contributed by atoms with Crippen molar-refractivity contribution in [3.8, 4) is 11.5 Å². The summed E-state index contributed by atoms with van der Waals surface area (Å²) in [5, 5.41) is 5.30. The third kappa shape index (κ3) is 3.18. The molecule has 4 aromatic rings. The minimum Gasteiger partial charge on any atom is -0.337 e. The number of fused-ring (bicyclic) bond motifs is 1.